The first-order chi connectivity index (χ1) is 11.6. The lowest BCUT2D eigenvalue weighted by Gasteiger charge is -2.32. The van der Waals surface area contributed by atoms with E-state index in [4.69, 9.17) is 9.84 Å². The first kappa shape index (κ1) is 16.9. The third kappa shape index (κ3) is 4.13. The van der Waals surface area contributed by atoms with Gasteiger partial charge in [0.15, 0.2) is 0 Å². The quantitative estimate of drug-likeness (QED) is 0.872. The number of benzene rings is 1. The molecule has 0 bridgehead atoms. The van der Waals surface area contributed by atoms with Gasteiger partial charge in [0, 0.05) is 24.2 Å². The highest BCUT2D eigenvalue weighted by Gasteiger charge is 2.25. The van der Waals surface area contributed by atoms with Crippen LogP contribution in [0.3, 0.4) is 0 Å². The van der Waals surface area contributed by atoms with Gasteiger partial charge >= 0.3 is 5.97 Å². The molecule has 1 fully saturated rings. The fraction of sp³-hybridized carbons (Fsp3) is 0.444. The van der Waals surface area contributed by atoms with E-state index >= 15 is 0 Å². The number of aliphatic carboxylic acids is 1. The standard InChI is InChI=1S/C18H21NO4S/c20-17(19-8-9-23-14(11-19)10-18(21)22)7-3-4-13-12-24-16-6-2-1-5-15(13)16/h1-2,5-6,12,14H,3-4,7-11H2,(H,21,22)/t14-/m1/s1. The summed E-state index contributed by atoms with van der Waals surface area (Å²) in [6.07, 6.45) is 1.74. The summed E-state index contributed by atoms with van der Waals surface area (Å²) in [7, 11) is 0. The van der Waals surface area contributed by atoms with Crippen molar-refractivity contribution in [3.8, 4) is 0 Å². The van der Waals surface area contributed by atoms with Gasteiger partial charge in [0.25, 0.3) is 0 Å². The molecule has 1 aliphatic heterocycles. The summed E-state index contributed by atoms with van der Waals surface area (Å²) in [4.78, 5) is 24.9. The van der Waals surface area contributed by atoms with Gasteiger partial charge < -0.3 is 14.7 Å². The number of carbonyl (C=O) groups excluding carboxylic acids is 1. The van der Waals surface area contributed by atoms with Crippen LogP contribution in [0, 0.1) is 0 Å². The average Bonchev–Trinajstić information content (AvgIpc) is 2.98. The van der Waals surface area contributed by atoms with Crippen LogP contribution in [0.5, 0.6) is 0 Å². The number of aryl methyl sites for hydroxylation is 1. The first-order valence-corrected chi connectivity index (χ1v) is 9.07. The van der Waals surface area contributed by atoms with Gasteiger partial charge in [0.2, 0.25) is 5.91 Å². The molecule has 1 atom stereocenters. The summed E-state index contributed by atoms with van der Waals surface area (Å²) >= 11 is 1.74. The molecule has 0 spiro atoms. The molecule has 24 heavy (non-hydrogen) atoms. The van der Waals surface area contributed by atoms with Crippen molar-refractivity contribution in [3.05, 3.63) is 35.2 Å². The first-order valence-electron chi connectivity index (χ1n) is 8.20. The largest absolute Gasteiger partial charge is 0.481 e. The molecule has 1 saturated heterocycles. The molecule has 128 valence electrons. The van der Waals surface area contributed by atoms with Gasteiger partial charge in [0.1, 0.15) is 0 Å². The van der Waals surface area contributed by atoms with Crippen LogP contribution in [0.2, 0.25) is 0 Å². The predicted molar refractivity (Wildman–Crippen MR) is 93.3 cm³/mol. The Morgan fingerprint density at radius 1 is 1.33 bits per heavy atom. The predicted octanol–water partition coefficient (Wildman–Crippen LogP) is 2.93. The molecule has 0 saturated carbocycles. The fourth-order valence-electron chi connectivity index (χ4n) is 3.08. The van der Waals surface area contributed by atoms with E-state index in [2.05, 4.69) is 17.5 Å². The van der Waals surface area contributed by atoms with Crippen LogP contribution >= 0.6 is 11.3 Å². The molecule has 0 radical (unpaired) electrons. The Morgan fingerprint density at radius 2 is 2.17 bits per heavy atom. The van der Waals surface area contributed by atoms with E-state index in [9.17, 15) is 9.59 Å². The van der Waals surface area contributed by atoms with E-state index in [0.717, 1.165) is 12.8 Å². The second-order valence-corrected chi connectivity index (χ2v) is 6.95. The molecule has 6 heteroatoms. The number of hydrogen-bond donors (Lipinski definition) is 1. The van der Waals surface area contributed by atoms with Crippen LogP contribution in [-0.2, 0) is 20.7 Å². The lowest BCUT2D eigenvalue weighted by molar-refractivity contribution is -0.147. The Bertz CT molecular complexity index is 727. The minimum Gasteiger partial charge on any atom is -0.481 e. The second kappa shape index (κ2) is 7.77. The maximum atomic E-state index is 12.3. The highest BCUT2D eigenvalue weighted by atomic mass is 32.1. The lowest BCUT2D eigenvalue weighted by atomic mass is 10.1. The SMILES string of the molecule is O=C(O)C[C@@H]1CN(C(=O)CCCc2csc3ccccc23)CCO1. The lowest BCUT2D eigenvalue weighted by Crippen LogP contribution is -2.46. The summed E-state index contributed by atoms with van der Waals surface area (Å²) in [5, 5.41) is 12.3. The zero-order chi connectivity index (χ0) is 16.9. The van der Waals surface area contributed by atoms with Crippen molar-refractivity contribution in [2.24, 2.45) is 0 Å². The molecule has 0 unspecified atom stereocenters. The molecule has 2 heterocycles. The van der Waals surface area contributed by atoms with Crippen molar-refractivity contribution in [2.75, 3.05) is 19.7 Å². The van der Waals surface area contributed by atoms with E-state index in [1.165, 1.54) is 15.6 Å². The monoisotopic (exact) mass is 347 g/mol. The zero-order valence-corrected chi connectivity index (χ0v) is 14.3. The number of rotatable bonds is 6. The third-order valence-electron chi connectivity index (χ3n) is 4.29. The number of ether oxygens (including phenoxy) is 1. The highest BCUT2D eigenvalue weighted by Crippen LogP contribution is 2.26. The molecule has 3 rings (SSSR count). The summed E-state index contributed by atoms with van der Waals surface area (Å²) in [5.74, 6) is -0.799. The molecular formula is C18H21NO4S. The second-order valence-electron chi connectivity index (χ2n) is 6.04. The van der Waals surface area contributed by atoms with Gasteiger partial charge in [-0.05, 0) is 35.2 Å². The number of carboxylic acid groups (broad SMARTS) is 1. The van der Waals surface area contributed by atoms with Gasteiger partial charge in [-0.2, -0.15) is 0 Å². The normalized spacial score (nSPS) is 18.0. The summed E-state index contributed by atoms with van der Waals surface area (Å²) in [6, 6.07) is 8.32. The molecule has 1 amide bonds. The number of fused-ring (bicyclic) bond motifs is 1. The molecular weight excluding hydrogens is 326 g/mol. The minimum absolute atomic E-state index is 0.0509. The van der Waals surface area contributed by atoms with Crippen LogP contribution in [-0.4, -0.2) is 47.7 Å². The maximum Gasteiger partial charge on any atom is 0.306 e. The number of morpholine rings is 1. The van der Waals surface area contributed by atoms with Crippen LogP contribution in [0.1, 0.15) is 24.8 Å². The van der Waals surface area contributed by atoms with E-state index < -0.39 is 5.97 Å². The molecule has 1 N–H and O–H groups in total. The van der Waals surface area contributed by atoms with Crippen LogP contribution in [0.15, 0.2) is 29.6 Å². The van der Waals surface area contributed by atoms with E-state index in [1.54, 1.807) is 16.2 Å². The van der Waals surface area contributed by atoms with Gasteiger partial charge in [-0.3, -0.25) is 9.59 Å². The maximum absolute atomic E-state index is 12.3. The fourth-order valence-corrected chi connectivity index (χ4v) is 4.08. The molecule has 1 aromatic carbocycles. The smallest absolute Gasteiger partial charge is 0.306 e. The Balaban J connectivity index is 1.49. The highest BCUT2D eigenvalue weighted by molar-refractivity contribution is 7.17. The molecule has 0 aliphatic carbocycles. The van der Waals surface area contributed by atoms with Crippen LogP contribution in [0.4, 0.5) is 0 Å². The van der Waals surface area contributed by atoms with Gasteiger partial charge in [0.05, 0.1) is 19.1 Å². The zero-order valence-electron chi connectivity index (χ0n) is 13.4. The Hall–Kier alpha value is -1.92. The van der Waals surface area contributed by atoms with Crippen molar-refractivity contribution in [3.63, 3.8) is 0 Å². The number of carboxylic acids is 1. The van der Waals surface area contributed by atoms with Crippen molar-refractivity contribution < 1.29 is 19.4 Å². The summed E-state index contributed by atoms with van der Waals surface area (Å²) in [5.41, 5.74) is 1.30. The van der Waals surface area contributed by atoms with Gasteiger partial charge in [-0.15, -0.1) is 11.3 Å². The number of nitrogens with zero attached hydrogens (tertiary/aromatic N) is 1. The topological polar surface area (TPSA) is 66.8 Å². The van der Waals surface area contributed by atoms with Crippen LogP contribution in [0.25, 0.3) is 10.1 Å². The van der Waals surface area contributed by atoms with E-state index in [1.807, 2.05) is 12.1 Å². The number of thiophene rings is 1. The molecule has 1 aliphatic rings. The molecule has 2 aromatic rings. The average molecular weight is 347 g/mol. The number of hydrogen-bond acceptors (Lipinski definition) is 4. The van der Waals surface area contributed by atoms with Gasteiger partial charge in [-0.25, -0.2) is 0 Å². The molecule has 1 aromatic heterocycles. The minimum atomic E-state index is -0.890. The van der Waals surface area contributed by atoms with Crippen molar-refractivity contribution in [2.45, 2.75) is 31.8 Å². The summed E-state index contributed by atoms with van der Waals surface area (Å²) in [6.45, 7) is 1.35. The van der Waals surface area contributed by atoms with Gasteiger partial charge in [-0.1, -0.05) is 18.2 Å². The summed E-state index contributed by atoms with van der Waals surface area (Å²) < 4.78 is 6.69. The van der Waals surface area contributed by atoms with Crippen molar-refractivity contribution in [1.82, 2.24) is 4.90 Å². The third-order valence-corrected chi connectivity index (χ3v) is 5.30. The Labute approximate surface area is 144 Å². The van der Waals surface area contributed by atoms with Crippen molar-refractivity contribution >= 4 is 33.3 Å². The molecule has 5 nitrogen and oxygen atoms in total. The van der Waals surface area contributed by atoms with E-state index in [0.29, 0.717) is 26.1 Å². The Kier molecular flexibility index (Phi) is 5.48. The Morgan fingerprint density at radius 3 is 3.00 bits per heavy atom. The number of carbonyl (C=O) groups is 2. The van der Waals surface area contributed by atoms with Crippen LogP contribution < -0.4 is 0 Å². The number of amides is 1. The van der Waals surface area contributed by atoms with E-state index in [-0.39, 0.29) is 18.4 Å². The van der Waals surface area contributed by atoms with Crippen molar-refractivity contribution in [1.29, 1.82) is 0 Å².